The molecule has 2 aromatic carbocycles. The van der Waals surface area contributed by atoms with Crippen LogP contribution in [0.5, 0.6) is 0 Å². The van der Waals surface area contributed by atoms with Crippen LogP contribution in [0.1, 0.15) is 72.5 Å². The van der Waals surface area contributed by atoms with Gasteiger partial charge in [0.2, 0.25) is 0 Å². The Labute approximate surface area is 209 Å². The van der Waals surface area contributed by atoms with Crippen LogP contribution < -0.4 is 5.73 Å². The normalized spacial score (nSPS) is 21.0. The van der Waals surface area contributed by atoms with E-state index in [9.17, 15) is 15.0 Å². The second-order valence-corrected chi connectivity index (χ2v) is 9.99. The number of aromatic nitrogens is 2. The number of nitrogens with zero attached hydrogens (tertiary/aromatic N) is 2. The molecule has 1 saturated carbocycles. The van der Waals surface area contributed by atoms with Gasteiger partial charge in [-0.05, 0) is 62.4 Å². The number of anilines is 1. The molecule has 1 heterocycles. The van der Waals surface area contributed by atoms with Crippen LogP contribution in [0.3, 0.4) is 0 Å². The molecule has 0 bridgehead atoms. The van der Waals surface area contributed by atoms with Gasteiger partial charge in [-0.25, -0.2) is 14.4 Å². The van der Waals surface area contributed by atoms with Gasteiger partial charge in [0.15, 0.2) is 5.78 Å². The Morgan fingerprint density at radius 2 is 2.00 bits per heavy atom. The van der Waals surface area contributed by atoms with Crippen molar-refractivity contribution in [2.75, 3.05) is 12.3 Å². The minimum absolute atomic E-state index is 0.0595. The maximum absolute atomic E-state index is 15.1. The van der Waals surface area contributed by atoms with Gasteiger partial charge in [-0.1, -0.05) is 29.8 Å². The van der Waals surface area contributed by atoms with Crippen LogP contribution in [0.25, 0.3) is 11.3 Å². The molecule has 0 amide bonds. The summed E-state index contributed by atoms with van der Waals surface area (Å²) in [6.45, 7) is 1.58. The summed E-state index contributed by atoms with van der Waals surface area (Å²) in [5, 5.41) is 20.5. The molecule has 1 aromatic heterocycles. The number of rotatable bonds is 7. The molecule has 0 aliphatic heterocycles. The zero-order chi connectivity index (χ0) is 25.2. The third kappa shape index (κ3) is 5.86. The van der Waals surface area contributed by atoms with E-state index in [2.05, 4.69) is 9.97 Å². The monoisotopic (exact) mass is 497 g/mol. The quantitative estimate of drug-likeness (QED) is 0.383. The number of aliphatic hydroxyl groups excluding tert-OH is 1. The van der Waals surface area contributed by atoms with Crippen LogP contribution in [0.15, 0.2) is 48.7 Å². The number of Topliss-reactive ketones (excluding diaryl/α,β-unsaturated/α-hetero) is 1. The molecule has 4 rings (SSSR count). The molecule has 184 valence electrons. The van der Waals surface area contributed by atoms with Crippen molar-refractivity contribution < 1.29 is 19.4 Å². The molecular weight excluding hydrogens is 469 g/mol. The van der Waals surface area contributed by atoms with Crippen molar-refractivity contribution in [1.29, 1.82) is 0 Å². The van der Waals surface area contributed by atoms with E-state index in [0.29, 0.717) is 29.1 Å². The summed E-state index contributed by atoms with van der Waals surface area (Å²) in [5.74, 6) is -1.27. The first-order valence-electron chi connectivity index (χ1n) is 11.7. The van der Waals surface area contributed by atoms with Gasteiger partial charge in [0.05, 0.1) is 29.7 Å². The second kappa shape index (κ2) is 10.4. The summed E-state index contributed by atoms with van der Waals surface area (Å²) in [6, 6.07) is 11.2. The maximum atomic E-state index is 15.1. The minimum atomic E-state index is -0.685. The van der Waals surface area contributed by atoms with Gasteiger partial charge in [0, 0.05) is 28.8 Å². The Balaban J connectivity index is 1.54. The zero-order valence-electron chi connectivity index (χ0n) is 19.5. The minimum Gasteiger partial charge on any atom is -0.396 e. The first kappa shape index (κ1) is 25.2. The highest BCUT2D eigenvalue weighted by Gasteiger charge is 2.30. The lowest BCUT2D eigenvalue weighted by molar-refractivity contribution is 0.0168. The zero-order valence-corrected chi connectivity index (χ0v) is 20.3. The Morgan fingerprint density at radius 1 is 1.26 bits per heavy atom. The summed E-state index contributed by atoms with van der Waals surface area (Å²) in [7, 11) is 0. The molecule has 1 aliphatic rings. The molecular formula is C27H29ClFN3O3. The number of aliphatic hydroxyl groups is 2. The fourth-order valence-electron chi connectivity index (χ4n) is 4.63. The van der Waals surface area contributed by atoms with E-state index in [1.165, 1.54) is 12.1 Å². The van der Waals surface area contributed by atoms with Crippen LogP contribution in [-0.4, -0.2) is 38.2 Å². The number of halogens is 2. The van der Waals surface area contributed by atoms with E-state index in [1.807, 2.05) is 6.92 Å². The molecule has 0 saturated heterocycles. The van der Waals surface area contributed by atoms with Gasteiger partial charge in [-0.2, -0.15) is 0 Å². The number of hydrogen-bond donors (Lipinski definition) is 3. The predicted octanol–water partition coefficient (Wildman–Crippen LogP) is 5.28. The largest absolute Gasteiger partial charge is 0.396 e. The average molecular weight is 498 g/mol. The summed E-state index contributed by atoms with van der Waals surface area (Å²) in [6.07, 6.45) is 4.50. The topological polar surface area (TPSA) is 109 Å². The number of nitrogen functional groups attached to an aromatic ring is 1. The molecule has 8 heteroatoms. The maximum Gasteiger partial charge on any atom is 0.166 e. The molecule has 1 fully saturated rings. The van der Waals surface area contributed by atoms with Gasteiger partial charge in [-0.3, -0.25) is 4.79 Å². The molecule has 4 N–H and O–H groups in total. The van der Waals surface area contributed by atoms with Crippen LogP contribution in [-0.2, 0) is 0 Å². The molecule has 1 atom stereocenters. The van der Waals surface area contributed by atoms with Crippen molar-refractivity contribution >= 4 is 23.2 Å². The Morgan fingerprint density at radius 3 is 2.66 bits per heavy atom. The molecule has 6 nitrogen and oxygen atoms in total. The summed E-state index contributed by atoms with van der Waals surface area (Å²) in [5.41, 5.74) is 7.62. The van der Waals surface area contributed by atoms with Crippen LogP contribution in [0, 0.1) is 5.82 Å². The highest BCUT2D eigenvalue weighted by atomic mass is 35.5. The first-order valence-corrected chi connectivity index (χ1v) is 12.1. The fraction of sp³-hybridized carbons (Fsp3) is 0.370. The molecule has 0 spiro atoms. The Kier molecular flexibility index (Phi) is 7.50. The van der Waals surface area contributed by atoms with E-state index in [4.69, 9.17) is 17.3 Å². The molecule has 1 aliphatic carbocycles. The van der Waals surface area contributed by atoms with Crippen LogP contribution >= 0.6 is 11.6 Å². The van der Waals surface area contributed by atoms with Crippen molar-refractivity contribution in [3.63, 3.8) is 0 Å². The summed E-state index contributed by atoms with van der Waals surface area (Å²) < 4.78 is 15.1. The molecule has 0 radical (unpaired) electrons. The standard InChI is InChI=1S/C27H29ClFN3O3/c1-27(35)9-7-16(8-10-27)23-14-31-26(30)25(32-23)18-5-6-21(22(29)12-18)24(34)13-19(15-33)17-3-2-4-20(28)11-17/h2-6,11-12,14,16,19,33,35H,7-10,13,15H2,1H3,(H2,30,31)/t16-,19-,27+/m1/s1. The van der Waals surface area contributed by atoms with Gasteiger partial charge < -0.3 is 15.9 Å². The van der Waals surface area contributed by atoms with E-state index < -0.39 is 23.1 Å². The Bertz CT molecular complexity index is 1220. The number of carbonyl (C=O) groups is 1. The van der Waals surface area contributed by atoms with E-state index in [1.54, 1.807) is 36.5 Å². The van der Waals surface area contributed by atoms with Gasteiger partial charge >= 0.3 is 0 Å². The van der Waals surface area contributed by atoms with Crippen molar-refractivity contribution in [3.05, 3.63) is 76.3 Å². The average Bonchev–Trinajstić information content (AvgIpc) is 2.82. The number of nitrogens with two attached hydrogens (primary N) is 1. The highest BCUT2D eigenvalue weighted by molar-refractivity contribution is 6.30. The van der Waals surface area contributed by atoms with Crippen molar-refractivity contribution in [1.82, 2.24) is 9.97 Å². The smallest absolute Gasteiger partial charge is 0.166 e. The summed E-state index contributed by atoms with van der Waals surface area (Å²) in [4.78, 5) is 21.8. The Hall–Kier alpha value is -2.87. The number of ketones is 1. The second-order valence-electron chi connectivity index (χ2n) is 9.56. The number of benzene rings is 2. The van der Waals surface area contributed by atoms with Crippen molar-refractivity contribution in [2.45, 2.75) is 56.5 Å². The third-order valence-electron chi connectivity index (χ3n) is 6.82. The van der Waals surface area contributed by atoms with Crippen LogP contribution in [0.4, 0.5) is 10.2 Å². The molecule has 3 aromatic rings. The third-order valence-corrected chi connectivity index (χ3v) is 7.05. The number of carbonyl (C=O) groups excluding carboxylic acids is 1. The first-order chi connectivity index (χ1) is 16.7. The molecule has 35 heavy (non-hydrogen) atoms. The summed E-state index contributed by atoms with van der Waals surface area (Å²) >= 11 is 6.03. The highest BCUT2D eigenvalue weighted by Crippen LogP contribution is 2.38. The number of hydrogen-bond acceptors (Lipinski definition) is 6. The van der Waals surface area contributed by atoms with Gasteiger partial charge in [0.25, 0.3) is 0 Å². The van der Waals surface area contributed by atoms with Crippen molar-refractivity contribution in [2.24, 2.45) is 0 Å². The SMILES string of the molecule is C[C@]1(O)CC[C@@H](c2cnc(N)c(-c3ccc(C(=O)C[C@H](CO)c4cccc(Cl)c4)c(F)c3)n2)CC1. The van der Waals surface area contributed by atoms with E-state index in [0.717, 1.165) is 24.1 Å². The fourth-order valence-corrected chi connectivity index (χ4v) is 4.83. The predicted molar refractivity (Wildman–Crippen MR) is 134 cm³/mol. The van der Waals surface area contributed by atoms with E-state index >= 15 is 4.39 Å². The van der Waals surface area contributed by atoms with Crippen molar-refractivity contribution in [3.8, 4) is 11.3 Å². The van der Waals surface area contributed by atoms with E-state index in [-0.39, 0.29) is 30.3 Å². The lowest BCUT2D eigenvalue weighted by atomic mass is 9.79. The lowest BCUT2D eigenvalue weighted by Gasteiger charge is -2.32. The molecule has 0 unspecified atom stereocenters. The van der Waals surface area contributed by atoms with Gasteiger partial charge in [0.1, 0.15) is 17.3 Å². The lowest BCUT2D eigenvalue weighted by Crippen LogP contribution is -2.29. The van der Waals surface area contributed by atoms with Crippen LogP contribution in [0.2, 0.25) is 5.02 Å². The van der Waals surface area contributed by atoms with Gasteiger partial charge in [-0.15, -0.1) is 0 Å².